The van der Waals surface area contributed by atoms with Crippen molar-refractivity contribution in [1.29, 1.82) is 0 Å². The zero-order valence-corrected chi connectivity index (χ0v) is 27.0. The van der Waals surface area contributed by atoms with Crippen molar-refractivity contribution in [2.24, 2.45) is 5.10 Å². The highest BCUT2D eigenvalue weighted by Crippen LogP contribution is 2.36. The van der Waals surface area contributed by atoms with E-state index < -0.39 is 4.92 Å². The van der Waals surface area contributed by atoms with Gasteiger partial charge in [0.15, 0.2) is 17.3 Å². The fraction of sp³-hybridized carbons (Fsp3) is 0.206. The molecule has 45 heavy (non-hydrogen) atoms. The molecule has 0 radical (unpaired) electrons. The number of methoxy groups -OCH3 is 2. The highest BCUT2D eigenvalue weighted by atomic mass is 79.9. The first kappa shape index (κ1) is 31.4. The number of nitro benzene ring substituents is 1. The van der Waals surface area contributed by atoms with Crippen molar-refractivity contribution >= 4 is 38.7 Å². The third-order valence-electron chi connectivity index (χ3n) is 7.28. The Balaban J connectivity index is 1.66. The second-order valence-corrected chi connectivity index (χ2v) is 11.5. The predicted octanol–water partition coefficient (Wildman–Crippen LogP) is 7.64. The second kappa shape index (κ2) is 13.3. The van der Waals surface area contributed by atoms with E-state index in [1.165, 1.54) is 30.1 Å². The second-order valence-electron chi connectivity index (χ2n) is 10.6. The Morgan fingerprint density at radius 3 is 2.49 bits per heavy atom. The number of non-ortho nitro benzene ring substituents is 1. The highest BCUT2D eigenvalue weighted by molar-refractivity contribution is 9.10. The highest BCUT2D eigenvalue weighted by Gasteiger charge is 2.19. The van der Waals surface area contributed by atoms with E-state index in [-0.39, 0.29) is 23.8 Å². The molecule has 5 rings (SSSR count). The molecule has 4 aromatic carbocycles. The number of halogens is 1. The summed E-state index contributed by atoms with van der Waals surface area (Å²) in [5.41, 5.74) is 3.87. The summed E-state index contributed by atoms with van der Waals surface area (Å²) in [5.74, 6) is 2.05. The molecule has 0 unspecified atom stereocenters. The molecule has 0 fully saturated rings. The molecule has 1 aromatic heterocycles. The average Bonchev–Trinajstić information content (AvgIpc) is 3.03. The summed E-state index contributed by atoms with van der Waals surface area (Å²) in [6.07, 6.45) is 1.51. The van der Waals surface area contributed by atoms with E-state index in [1.807, 2.05) is 25.1 Å². The van der Waals surface area contributed by atoms with E-state index in [0.717, 1.165) is 22.4 Å². The van der Waals surface area contributed by atoms with E-state index in [9.17, 15) is 14.9 Å². The molecule has 0 atom stereocenters. The Morgan fingerprint density at radius 2 is 1.78 bits per heavy atom. The average molecular weight is 672 g/mol. The molecule has 0 amide bonds. The van der Waals surface area contributed by atoms with Crippen LogP contribution < -0.4 is 19.8 Å². The molecule has 1 heterocycles. The van der Waals surface area contributed by atoms with Crippen molar-refractivity contribution in [2.45, 2.75) is 33.3 Å². The number of nitro groups is 1. The van der Waals surface area contributed by atoms with Crippen molar-refractivity contribution < 1.29 is 19.1 Å². The molecule has 10 nitrogen and oxygen atoms in total. The maximum atomic E-state index is 13.9. The van der Waals surface area contributed by atoms with Gasteiger partial charge in [-0.1, -0.05) is 54.0 Å². The van der Waals surface area contributed by atoms with Gasteiger partial charge in [-0.25, -0.2) is 4.98 Å². The number of fused-ring (bicyclic) bond motifs is 1. The fourth-order valence-electron chi connectivity index (χ4n) is 5.00. The number of rotatable bonds is 10. The van der Waals surface area contributed by atoms with Crippen LogP contribution in [-0.4, -0.2) is 35.0 Å². The molecule has 0 bridgehead atoms. The summed E-state index contributed by atoms with van der Waals surface area (Å²) < 4.78 is 19.4. The molecule has 0 aliphatic heterocycles. The van der Waals surface area contributed by atoms with Crippen LogP contribution in [-0.2, 0) is 6.61 Å². The first-order valence-corrected chi connectivity index (χ1v) is 14.9. The number of hydrogen-bond acceptors (Lipinski definition) is 8. The van der Waals surface area contributed by atoms with Crippen molar-refractivity contribution in [3.63, 3.8) is 0 Å². The van der Waals surface area contributed by atoms with Crippen LogP contribution in [0.1, 0.15) is 42.0 Å². The van der Waals surface area contributed by atoms with Crippen LogP contribution in [0.15, 0.2) is 87.2 Å². The molecule has 0 saturated heterocycles. The van der Waals surface area contributed by atoms with Crippen LogP contribution in [0.4, 0.5) is 5.69 Å². The van der Waals surface area contributed by atoms with Gasteiger partial charge in [-0.15, -0.1) is 0 Å². The number of nitrogens with zero attached hydrogens (tertiary/aromatic N) is 4. The molecular weight excluding hydrogens is 640 g/mol. The third-order valence-corrected chi connectivity index (χ3v) is 7.74. The molecule has 230 valence electrons. The van der Waals surface area contributed by atoms with Crippen molar-refractivity contribution in [3.05, 3.63) is 120 Å². The number of aryl methyl sites for hydroxylation is 1. The van der Waals surface area contributed by atoms with Gasteiger partial charge in [-0.2, -0.15) is 9.78 Å². The molecule has 11 heteroatoms. The van der Waals surface area contributed by atoms with Crippen molar-refractivity contribution in [2.75, 3.05) is 14.2 Å². The minimum absolute atomic E-state index is 0.0340. The van der Waals surface area contributed by atoms with Gasteiger partial charge in [0.1, 0.15) is 12.4 Å². The molecule has 0 N–H and O–H groups in total. The summed E-state index contributed by atoms with van der Waals surface area (Å²) in [5, 5.41) is 16.4. The van der Waals surface area contributed by atoms with Gasteiger partial charge in [0.25, 0.3) is 11.2 Å². The molecular formula is C34H31BrN4O6. The van der Waals surface area contributed by atoms with Crippen LogP contribution in [0.3, 0.4) is 0 Å². The van der Waals surface area contributed by atoms with Gasteiger partial charge < -0.3 is 14.2 Å². The van der Waals surface area contributed by atoms with Crippen molar-refractivity contribution in [3.8, 4) is 28.6 Å². The van der Waals surface area contributed by atoms with Crippen LogP contribution in [0.5, 0.6) is 17.2 Å². The predicted molar refractivity (Wildman–Crippen MR) is 178 cm³/mol. The largest absolute Gasteiger partial charge is 0.496 e. The normalized spacial score (nSPS) is 11.4. The van der Waals surface area contributed by atoms with Crippen LogP contribution in [0.25, 0.3) is 22.3 Å². The lowest BCUT2D eigenvalue weighted by atomic mass is 9.96. The SMILES string of the molecule is COc1cc(C)c(-c2nc3ccccc3c(=O)n2N=Cc2cc(Br)cc(OC)c2OCc2cccc([N+](=O)[O-])c2)cc1C(C)C. The van der Waals surface area contributed by atoms with Crippen LogP contribution in [0, 0.1) is 17.0 Å². The monoisotopic (exact) mass is 670 g/mol. The lowest BCUT2D eigenvalue weighted by molar-refractivity contribution is -0.384. The summed E-state index contributed by atoms with van der Waals surface area (Å²) in [6, 6.07) is 20.8. The Labute approximate surface area is 268 Å². The summed E-state index contributed by atoms with van der Waals surface area (Å²) in [4.78, 5) is 29.6. The smallest absolute Gasteiger partial charge is 0.282 e. The first-order valence-electron chi connectivity index (χ1n) is 14.1. The Kier molecular flexibility index (Phi) is 9.29. The topological polar surface area (TPSA) is 118 Å². The lowest BCUT2D eigenvalue weighted by Gasteiger charge is -2.17. The Bertz CT molecular complexity index is 2000. The number of aromatic nitrogens is 2. The maximum absolute atomic E-state index is 13.9. The zero-order chi connectivity index (χ0) is 32.2. The molecule has 5 aromatic rings. The van der Waals surface area contributed by atoms with Gasteiger partial charge in [0.2, 0.25) is 0 Å². The first-order chi connectivity index (χ1) is 21.6. The standard InChI is InChI=1S/C34H31BrN4O6/c1-20(2)27-17-28(21(3)13-30(27)43-4)33-37-29-12-7-6-11-26(29)34(40)38(33)36-18-23-15-24(35)16-31(44-5)32(23)45-19-22-9-8-10-25(14-22)39(41)42/h6-18,20H,19H2,1-5H3. The van der Waals surface area contributed by atoms with E-state index >= 15 is 0 Å². The van der Waals surface area contributed by atoms with Gasteiger partial charge in [-0.3, -0.25) is 14.9 Å². The maximum Gasteiger partial charge on any atom is 0.282 e. The van der Waals surface area contributed by atoms with Crippen LogP contribution >= 0.6 is 15.9 Å². The van der Waals surface area contributed by atoms with E-state index in [4.69, 9.17) is 19.2 Å². The molecule has 0 aliphatic rings. The van der Waals surface area contributed by atoms with Gasteiger partial charge in [0.05, 0.1) is 36.3 Å². The van der Waals surface area contributed by atoms with Crippen LogP contribution in [0.2, 0.25) is 0 Å². The minimum atomic E-state index is -0.455. The zero-order valence-electron chi connectivity index (χ0n) is 25.4. The lowest BCUT2D eigenvalue weighted by Crippen LogP contribution is -2.21. The molecule has 0 spiro atoms. The summed E-state index contributed by atoms with van der Waals surface area (Å²) in [6.45, 7) is 6.13. The van der Waals surface area contributed by atoms with E-state index in [0.29, 0.717) is 43.8 Å². The Morgan fingerprint density at radius 1 is 1.02 bits per heavy atom. The molecule has 0 saturated carbocycles. The number of hydrogen-bond donors (Lipinski definition) is 0. The van der Waals surface area contributed by atoms with E-state index in [2.05, 4.69) is 34.9 Å². The fourth-order valence-corrected chi connectivity index (χ4v) is 5.45. The van der Waals surface area contributed by atoms with Gasteiger partial charge >= 0.3 is 0 Å². The van der Waals surface area contributed by atoms with E-state index in [1.54, 1.807) is 49.6 Å². The van der Waals surface area contributed by atoms with Gasteiger partial charge in [-0.05, 0) is 65.9 Å². The third kappa shape index (κ3) is 6.58. The summed E-state index contributed by atoms with van der Waals surface area (Å²) in [7, 11) is 3.15. The Hall–Kier alpha value is -5.03. The molecule has 0 aliphatic carbocycles. The number of para-hydroxylation sites is 1. The quantitative estimate of drug-likeness (QED) is 0.0851. The summed E-state index contributed by atoms with van der Waals surface area (Å²) >= 11 is 3.51. The minimum Gasteiger partial charge on any atom is -0.496 e. The number of benzene rings is 4. The van der Waals surface area contributed by atoms with Gasteiger partial charge in [0, 0.05) is 27.7 Å². The van der Waals surface area contributed by atoms with Crippen molar-refractivity contribution in [1.82, 2.24) is 9.66 Å². The number of ether oxygens (including phenoxy) is 3.